The van der Waals surface area contributed by atoms with Crippen molar-refractivity contribution in [2.75, 3.05) is 6.54 Å². The van der Waals surface area contributed by atoms with E-state index < -0.39 is 15.8 Å². The lowest BCUT2D eigenvalue weighted by Gasteiger charge is -2.05. The third-order valence-corrected chi connectivity index (χ3v) is 3.45. The molecular formula is C9H13FN4O3S. The predicted molar refractivity (Wildman–Crippen MR) is 62.0 cm³/mol. The molecule has 1 aromatic rings. The zero-order valence-corrected chi connectivity index (χ0v) is 10.2. The van der Waals surface area contributed by atoms with Crippen LogP contribution in [0.4, 0.5) is 4.39 Å². The molecule has 100 valence electrons. The van der Waals surface area contributed by atoms with Crippen molar-refractivity contribution in [3.05, 3.63) is 24.3 Å². The smallest absolute Gasteiger partial charge is 0.242 e. The van der Waals surface area contributed by atoms with E-state index in [-0.39, 0.29) is 23.7 Å². The summed E-state index contributed by atoms with van der Waals surface area (Å²) in [6.07, 6.45) is 2.57. The highest BCUT2D eigenvalue weighted by atomic mass is 32.2. The Bertz CT molecular complexity index is 532. The minimum Gasteiger partial charge on any atom is -0.409 e. The van der Waals surface area contributed by atoms with Gasteiger partial charge in [-0.3, -0.25) is 4.98 Å². The largest absolute Gasteiger partial charge is 0.409 e. The van der Waals surface area contributed by atoms with Gasteiger partial charge in [-0.2, -0.15) is 0 Å². The van der Waals surface area contributed by atoms with Gasteiger partial charge in [-0.1, -0.05) is 5.16 Å². The maximum absolute atomic E-state index is 12.8. The van der Waals surface area contributed by atoms with Crippen LogP contribution >= 0.6 is 0 Å². The fraction of sp³-hybridized carbons (Fsp3) is 0.333. The van der Waals surface area contributed by atoms with E-state index in [4.69, 9.17) is 10.9 Å². The first kappa shape index (κ1) is 14.3. The van der Waals surface area contributed by atoms with Crippen LogP contribution in [0.2, 0.25) is 0 Å². The summed E-state index contributed by atoms with van der Waals surface area (Å²) in [5, 5.41) is 11.0. The summed E-state index contributed by atoms with van der Waals surface area (Å²) in [5.74, 6) is -0.712. The van der Waals surface area contributed by atoms with Gasteiger partial charge in [-0.05, 0) is 12.5 Å². The van der Waals surface area contributed by atoms with Crippen molar-refractivity contribution >= 4 is 15.9 Å². The zero-order valence-electron chi connectivity index (χ0n) is 9.38. The number of hydrogen-bond donors (Lipinski definition) is 3. The lowest BCUT2D eigenvalue weighted by molar-refractivity contribution is 0.316. The van der Waals surface area contributed by atoms with E-state index in [0.717, 1.165) is 18.5 Å². The molecule has 0 atom stereocenters. The molecule has 0 spiro atoms. The molecule has 0 amide bonds. The Hall–Kier alpha value is -1.74. The van der Waals surface area contributed by atoms with Crippen LogP contribution in [-0.2, 0) is 10.0 Å². The number of rotatable bonds is 6. The molecule has 7 nitrogen and oxygen atoms in total. The quantitative estimate of drug-likeness (QED) is 0.223. The minimum atomic E-state index is -3.78. The molecular weight excluding hydrogens is 263 g/mol. The highest BCUT2D eigenvalue weighted by Gasteiger charge is 2.14. The van der Waals surface area contributed by atoms with E-state index in [2.05, 4.69) is 14.9 Å². The number of halogens is 1. The summed E-state index contributed by atoms with van der Waals surface area (Å²) in [5.41, 5.74) is 5.22. The van der Waals surface area contributed by atoms with Crippen LogP contribution in [0, 0.1) is 5.82 Å². The number of pyridine rings is 1. The van der Waals surface area contributed by atoms with Gasteiger partial charge < -0.3 is 10.9 Å². The SMILES string of the molecule is NC(CCCNS(=O)(=O)c1cncc(F)c1)=NO. The second-order valence-corrected chi connectivity index (χ2v) is 5.20. The average Bonchev–Trinajstić information content (AvgIpc) is 2.34. The van der Waals surface area contributed by atoms with Gasteiger partial charge in [-0.15, -0.1) is 0 Å². The normalized spacial score (nSPS) is 12.6. The molecule has 0 aliphatic carbocycles. The first-order chi connectivity index (χ1) is 8.45. The molecule has 0 radical (unpaired) electrons. The van der Waals surface area contributed by atoms with Crippen LogP contribution in [-0.4, -0.2) is 31.0 Å². The highest BCUT2D eigenvalue weighted by molar-refractivity contribution is 7.89. The van der Waals surface area contributed by atoms with Crippen molar-refractivity contribution < 1.29 is 18.0 Å². The Kier molecular flexibility index (Phi) is 4.98. The average molecular weight is 276 g/mol. The van der Waals surface area contributed by atoms with Gasteiger partial charge in [-0.25, -0.2) is 17.5 Å². The maximum Gasteiger partial charge on any atom is 0.242 e. The molecule has 9 heteroatoms. The van der Waals surface area contributed by atoms with Crippen molar-refractivity contribution in [2.45, 2.75) is 17.7 Å². The minimum absolute atomic E-state index is 0.0154. The van der Waals surface area contributed by atoms with Gasteiger partial charge in [0.15, 0.2) is 0 Å². The lowest BCUT2D eigenvalue weighted by Crippen LogP contribution is -2.26. The fourth-order valence-corrected chi connectivity index (χ4v) is 2.20. The number of nitrogens with one attached hydrogen (secondary N) is 1. The summed E-state index contributed by atoms with van der Waals surface area (Å²) in [4.78, 5) is 3.21. The Morgan fingerprint density at radius 1 is 1.56 bits per heavy atom. The van der Waals surface area contributed by atoms with Gasteiger partial charge >= 0.3 is 0 Å². The molecule has 0 saturated carbocycles. The summed E-state index contributed by atoms with van der Waals surface area (Å²) in [6, 6.07) is 0.874. The second kappa shape index (κ2) is 6.26. The van der Waals surface area contributed by atoms with Crippen molar-refractivity contribution in [3.8, 4) is 0 Å². The number of aromatic nitrogens is 1. The van der Waals surface area contributed by atoms with E-state index in [1.54, 1.807) is 0 Å². The zero-order chi connectivity index (χ0) is 13.6. The number of hydrogen-bond acceptors (Lipinski definition) is 5. The standard InChI is InChI=1S/C9H13FN4O3S/c10-7-4-8(6-12-5-7)18(16,17)13-3-1-2-9(11)14-15/h4-6,13,15H,1-3H2,(H2,11,14). The van der Waals surface area contributed by atoms with Crippen LogP contribution < -0.4 is 10.5 Å². The summed E-state index contributed by atoms with van der Waals surface area (Å²) >= 11 is 0. The third kappa shape index (κ3) is 4.26. The van der Waals surface area contributed by atoms with Crippen LogP contribution in [0.1, 0.15) is 12.8 Å². The van der Waals surface area contributed by atoms with Gasteiger partial charge in [0.05, 0.1) is 6.20 Å². The van der Waals surface area contributed by atoms with E-state index in [0.29, 0.717) is 6.42 Å². The molecule has 1 aromatic heterocycles. The molecule has 0 aliphatic heterocycles. The molecule has 4 N–H and O–H groups in total. The number of amidine groups is 1. The maximum atomic E-state index is 12.8. The Morgan fingerprint density at radius 2 is 2.28 bits per heavy atom. The molecule has 0 saturated heterocycles. The Morgan fingerprint density at radius 3 is 2.89 bits per heavy atom. The van der Waals surface area contributed by atoms with Crippen molar-refractivity contribution in [2.24, 2.45) is 10.9 Å². The first-order valence-corrected chi connectivity index (χ1v) is 6.50. The van der Waals surface area contributed by atoms with Gasteiger partial charge in [0.25, 0.3) is 0 Å². The number of sulfonamides is 1. The molecule has 0 unspecified atom stereocenters. The van der Waals surface area contributed by atoms with E-state index in [9.17, 15) is 12.8 Å². The van der Waals surface area contributed by atoms with E-state index in [1.807, 2.05) is 0 Å². The van der Waals surface area contributed by atoms with Crippen LogP contribution in [0.3, 0.4) is 0 Å². The number of oxime groups is 1. The van der Waals surface area contributed by atoms with Gasteiger partial charge in [0.2, 0.25) is 10.0 Å². The van der Waals surface area contributed by atoms with Crippen LogP contribution in [0.25, 0.3) is 0 Å². The summed E-state index contributed by atoms with van der Waals surface area (Å²) < 4.78 is 38.4. The molecule has 1 heterocycles. The van der Waals surface area contributed by atoms with E-state index >= 15 is 0 Å². The second-order valence-electron chi connectivity index (χ2n) is 3.43. The highest BCUT2D eigenvalue weighted by Crippen LogP contribution is 2.08. The third-order valence-electron chi connectivity index (χ3n) is 2.02. The van der Waals surface area contributed by atoms with Crippen LogP contribution in [0.5, 0.6) is 0 Å². The van der Waals surface area contributed by atoms with Crippen molar-refractivity contribution in [1.82, 2.24) is 9.71 Å². The van der Waals surface area contributed by atoms with Gasteiger partial charge in [0.1, 0.15) is 16.5 Å². The first-order valence-electron chi connectivity index (χ1n) is 5.02. The molecule has 0 bridgehead atoms. The fourth-order valence-electron chi connectivity index (χ4n) is 1.15. The van der Waals surface area contributed by atoms with Crippen molar-refractivity contribution in [3.63, 3.8) is 0 Å². The Labute approximate surface area is 104 Å². The summed E-state index contributed by atoms with van der Waals surface area (Å²) in [6.45, 7) is 0.0923. The molecule has 18 heavy (non-hydrogen) atoms. The number of nitrogens with zero attached hydrogens (tertiary/aromatic N) is 2. The van der Waals surface area contributed by atoms with Gasteiger partial charge in [0, 0.05) is 19.2 Å². The topological polar surface area (TPSA) is 118 Å². The summed E-state index contributed by atoms with van der Waals surface area (Å²) in [7, 11) is -3.78. The van der Waals surface area contributed by atoms with E-state index in [1.165, 1.54) is 0 Å². The number of nitrogens with two attached hydrogens (primary N) is 1. The molecule has 0 fully saturated rings. The molecule has 1 rings (SSSR count). The lowest BCUT2D eigenvalue weighted by atomic mass is 10.3. The Balaban J connectivity index is 2.56. The van der Waals surface area contributed by atoms with Crippen molar-refractivity contribution in [1.29, 1.82) is 0 Å². The monoisotopic (exact) mass is 276 g/mol. The molecule has 0 aromatic carbocycles. The van der Waals surface area contributed by atoms with Crippen LogP contribution in [0.15, 0.2) is 28.5 Å². The predicted octanol–water partition coefficient (Wildman–Crippen LogP) is 0.0256. The molecule has 0 aliphatic rings.